The molecule has 11 heavy (non-hydrogen) atoms. The van der Waals surface area contributed by atoms with Crippen molar-refractivity contribution in [2.45, 2.75) is 20.8 Å². The Morgan fingerprint density at radius 3 is 1.45 bits per heavy atom. The van der Waals surface area contributed by atoms with E-state index in [1.165, 1.54) is 0 Å². The zero-order valence-electron chi connectivity index (χ0n) is 7.80. The molecule has 0 unspecified atom stereocenters. The Labute approximate surface area is 69.3 Å². The third-order valence-corrected chi connectivity index (χ3v) is 0.612. The first-order valence-corrected chi connectivity index (χ1v) is 4.09. The summed E-state index contributed by atoms with van der Waals surface area (Å²) in [7, 11) is 0. The van der Waals surface area contributed by atoms with E-state index < -0.39 is 0 Å². The fourth-order valence-corrected chi connectivity index (χ4v) is 0.204. The average molecular weight is 164 g/mol. The van der Waals surface area contributed by atoms with Crippen molar-refractivity contribution in [1.29, 1.82) is 0 Å². The van der Waals surface area contributed by atoms with E-state index in [-0.39, 0.29) is 6.61 Å². The van der Waals surface area contributed by atoms with Gasteiger partial charge in [-0.15, -0.1) is 0 Å². The summed E-state index contributed by atoms with van der Waals surface area (Å²) in [6.45, 7) is 9.60. The minimum absolute atomic E-state index is 0.250. The summed E-state index contributed by atoms with van der Waals surface area (Å²) >= 11 is 0. The van der Waals surface area contributed by atoms with E-state index in [1.807, 2.05) is 13.8 Å². The molecule has 1 saturated heterocycles. The van der Waals surface area contributed by atoms with Crippen molar-refractivity contribution in [2.75, 3.05) is 33.0 Å². The largest absolute Gasteiger partial charge is 0.397 e. The predicted octanol–water partition coefficient (Wildman–Crippen LogP) is 1.06. The standard InChI is InChI=1S/C4H10O.C2H4O.C2H6O/c1-3-5-4-2;1-2-3-1;1-2-3/h3-4H2,1-2H3;1-2H2;3H,2H2,1H3. The van der Waals surface area contributed by atoms with Gasteiger partial charge in [-0.05, 0) is 20.8 Å². The Bertz CT molecular complexity index is 41.8. The number of aliphatic hydroxyl groups is 1. The van der Waals surface area contributed by atoms with Crippen molar-refractivity contribution < 1.29 is 14.6 Å². The van der Waals surface area contributed by atoms with E-state index in [4.69, 9.17) is 9.84 Å². The number of rotatable bonds is 2. The van der Waals surface area contributed by atoms with Gasteiger partial charge in [0.2, 0.25) is 0 Å². The van der Waals surface area contributed by atoms with Crippen LogP contribution in [0.2, 0.25) is 0 Å². The fourth-order valence-electron chi connectivity index (χ4n) is 0.204. The van der Waals surface area contributed by atoms with Gasteiger partial charge in [0.25, 0.3) is 0 Å². The van der Waals surface area contributed by atoms with E-state index >= 15 is 0 Å². The molecule has 1 fully saturated rings. The minimum Gasteiger partial charge on any atom is -0.397 e. The molecule has 0 radical (unpaired) electrons. The molecule has 1 N–H and O–H groups in total. The van der Waals surface area contributed by atoms with Crippen molar-refractivity contribution in [3.63, 3.8) is 0 Å². The first-order valence-electron chi connectivity index (χ1n) is 4.09. The third kappa shape index (κ3) is 74.0. The lowest BCUT2D eigenvalue weighted by Gasteiger charge is -1.86. The molecular formula is C8H20O3. The van der Waals surface area contributed by atoms with Crippen LogP contribution in [0.1, 0.15) is 20.8 Å². The molecule has 0 aromatic rings. The number of hydrogen-bond acceptors (Lipinski definition) is 3. The first-order chi connectivity index (χ1) is 5.33. The van der Waals surface area contributed by atoms with Crippen LogP contribution >= 0.6 is 0 Å². The van der Waals surface area contributed by atoms with Gasteiger partial charge in [-0.2, -0.15) is 0 Å². The molecule has 0 saturated carbocycles. The van der Waals surface area contributed by atoms with Gasteiger partial charge in [-0.3, -0.25) is 0 Å². The molecule has 3 nitrogen and oxygen atoms in total. The summed E-state index contributed by atoms with van der Waals surface area (Å²) in [4.78, 5) is 0. The summed E-state index contributed by atoms with van der Waals surface area (Å²) in [6.07, 6.45) is 0. The van der Waals surface area contributed by atoms with Gasteiger partial charge >= 0.3 is 0 Å². The Balaban J connectivity index is 0. The summed E-state index contributed by atoms with van der Waals surface area (Å²) in [5, 5.41) is 7.57. The molecule has 0 amide bonds. The smallest absolute Gasteiger partial charge is 0.0701 e. The van der Waals surface area contributed by atoms with Gasteiger partial charge in [0, 0.05) is 19.8 Å². The predicted molar refractivity (Wildman–Crippen MR) is 45.7 cm³/mol. The maximum Gasteiger partial charge on any atom is 0.0701 e. The quantitative estimate of drug-likeness (QED) is 0.620. The minimum atomic E-state index is 0.250. The highest BCUT2D eigenvalue weighted by molar-refractivity contribution is 4.36. The van der Waals surface area contributed by atoms with Crippen molar-refractivity contribution >= 4 is 0 Å². The van der Waals surface area contributed by atoms with Crippen molar-refractivity contribution in [1.82, 2.24) is 0 Å². The van der Waals surface area contributed by atoms with Crippen molar-refractivity contribution in [2.24, 2.45) is 0 Å². The number of hydrogen-bond donors (Lipinski definition) is 1. The number of epoxide rings is 1. The SMILES string of the molecule is C1CO1.CCO.CCOCC. The van der Waals surface area contributed by atoms with Crippen LogP contribution in [-0.4, -0.2) is 38.1 Å². The molecule has 0 bridgehead atoms. The van der Waals surface area contributed by atoms with Gasteiger partial charge in [0.15, 0.2) is 0 Å². The highest BCUT2D eigenvalue weighted by Crippen LogP contribution is 1.84. The lowest BCUT2D eigenvalue weighted by Crippen LogP contribution is -1.84. The van der Waals surface area contributed by atoms with Crippen LogP contribution in [0.3, 0.4) is 0 Å². The highest BCUT2D eigenvalue weighted by Gasteiger charge is 1.94. The molecule has 0 aromatic heterocycles. The Morgan fingerprint density at radius 2 is 1.45 bits per heavy atom. The van der Waals surface area contributed by atoms with Crippen molar-refractivity contribution in [3.05, 3.63) is 0 Å². The normalized spacial score (nSPS) is 12.0. The second-order valence-electron chi connectivity index (χ2n) is 1.71. The zero-order chi connectivity index (χ0) is 8.95. The van der Waals surface area contributed by atoms with Gasteiger partial charge < -0.3 is 14.6 Å². The molecular weight excluding hydrogens is 144 g/mol. The van der Waals surface area contributed by atoms with Gasteiger partial charge in [0.05, 0.1) is 13.2 Å². The topological polar surface area (TPSA) is 42.0 Å². The van der Waals surface area contributed by atoms with Crippen LogP contribution in [-0.2, 0) is 9.47 Å². The van der Waals surface area contributed by atoms with E-state index in [1.54, 1.807) is 6.92 Å². The Morgan fingerprint density at radius 1 is 1.18 bits per heavy atom. The summed E-state index contributed by atoms with van der Waals surface area (Å²) in [5.74, 6) is 0. The second-order valence-corrected chi connectivity index (χ2v) is 1.71. The Kier molecular flexibility index (Phi) is 20.2. The number of aliphatic hydroxyl groups excluding tert-OH is 1. The molecule has 1 aliphatic heterocycles. The van der Waals surface area contributed by atoms with Gasteiger partial charge in [-0.25, -0.2) is 0 Å². The number of ether oxygens (including phenoxy) is 2. The highest BCUT2D eigenvalue weighted by atomic mass is 16.6. The maximum absolute atomic E-state index is 7.57. The van der Waals surface area contributed by atoms with Crippen LogP contribution in [0.25, 0.3) is 0 Å². The molecule has 1 heterocycles. The average Bonchev–Trinajstić information content (AvgIpc) is 2.75. The lowest BCUT2D eigenvalue weighted by molar-refractivity contribution is 0.162. The molecule has 0 aromatic carbocycles. The summed E-state index contributed by atoms with van der Waals surface area (Å²) in [6, 6.07) is 0. The van der Waals surface area contributed by atoms with Gasteiger partial charge in [0.1, 0.15) is 0 Å². The first kappa shape index (κ1) is 13.5. The maximum atomic E-state index is 7.57. The third-order valence-electron chi connectivity index (χ3n) is 0.612. The lowest BCUT2D eigenvalue weighted by atomic mass is 10.8. The van der Waals surface area contributed by atoms with E-state index in [0.717, 1.165) is 26.4 Å². The molecule has 3 heteroatoms. The summed E-state index contributed by atoms with van der Waals surface area (Å²) in [5.41, 5.74) is 0. The van der Waals surface area contributed by atoms with Crippen molar-refractivity contribution in [3.8, 4) is 0 Å². The zero-order valence-corrected chi connectivity index (χ0v) is 7.80. The van der Waals surface area contributed by atoms with E-state index in [2.05, 4.69) is 4.74 Å². The monoisotopic (exact) mass is 164 g/mol. The van der Waals surface area contributed by atoms with Crippen LogP contribution in [0, 0.1) is 0 Å². The molecule has 0 aliphatic carbocycles. The van der Waals surface area contributed by atoms with Crippen LogP contribution in [0.4, 0.5) is 0 Å². The van der Waals surface area contributed by atoms with E-state index in [9.17, 15) is 0 Å². The molecule has 0 atom stereocenters. The molecule has 70 valence electrons. The van der Waals surface area contributed by atoms with Crippen LogP contribution < -0.4 is 0 Å². The fraction of sp³-hybridized carbons (Fsp3) is 1.00. The molecule has 0 spiro atoms. The van der Waals surface area contributed by atoms with Gasteiger partial charge in [-0.1, -0.05) is 0 Å². The molecule has 1 aliphatic rings. The Hall–Kier alpha value is -0.120. The molecule has 1 rings (SSSR count). The summed E-state index contributed by atoms with van der Waals surface area (Å²) < 4.78 is 9.33. The van der Waals surface area contributed by atoms with E-state index in [0.29, 0.717) is 0 Å². The van der Waals surface area contributed by atoms with Crippen LogP contribution in [0.5, 0.6) is 0 Å². The van der Waals surface area contributed by atoms with Crippen LogP contribution in [0.15, 0.2) is 0 Å². The second kappa shape index (κ2) is 16.5.